The van der Waals surface area contributed by atoms with Crippen molar-refractivity contribution in [1.82, 2.24) is 9.66 Å². The Morgan fingerprint density at radius 1 is 1.50 bits per heavy atom. The minimum Gasteiger partial charge on any atom is -0.494 e. The number of aromatic nitrogens is 2. The van der Waals surface area contributed by atoms with E-state index in [-0.39, 0.29) is 0 Å². The molecule has 0 atom stereocenters. The molecule has 0 saturated heterocycles. The number of hydrogen-bond donors (Lipinski definition) is 1. The van der Waals surface area contributed by atoms with Crippen LogP contribution in [0.1, 0.15) is 0 Å². The van der Waals surface area contributed by atoms with Gasteiger partial charge in [0.2, 0.25) is 0 Å². The molecule has 4 nitrogen and oxygen atoms in total. The van der Waals surface area contributed by atoms with Crippen LogP contribution < -0.4 is 10.6 Å². The van der Waals surface area contributed by atoms with Crippen molar-refractivity contribution in [3.8, 4) is 5.75 Å². The average molecular weight is 163 g/mol. The summed E-state index contributed by atoms with van der Waals surface area (Å²) in [5, 5.41) is 0.981. The normalized spacial score (nSPS) is 10.4. The number of ether oxygens (including phenoxy) is 1. The van der Waals surface area contributed by atoms with Crippen molar-refractivity contribution in [3.63, 3.8) is 0 Å². The molecule has 0 spiro atoms. The predicted octanol–water partition coefficient (Wildman–Crippen LogP) is 0.759. The third-order valence-electron chi connectivity index (χ3n) is 1.83. The van der Waals surface area contributed by atoms with Crippen LogP contribution in [-0.4, -0.2) is 16.8 Å². The lowest BCUT2D eigenvalue weighted by molar-refractivity contribution is 0.418. The molecule has 0 unspecified atom stereocenters. The Morgan fingerprint density at radius 3 is 3.08 bits per heavy atom. The topological polar surface area (TPSA) is 53.1 Å². The van der Waals surface area contributed by atoms with Gasteiger partial charge in [-0.2, -0.15) is 0 Å². The lowest BCUT2D eigenvalue weighted by Crippen LogP contribution is -2.05. The van der Waals surface area contributed by atoms with Gasteiger partial charge in [-0.15, -0.1) is 0 Å². The average Bonchev–Trinajstić information content (AvgIpc) is 2.48. The molecule has 0 aliphatic rings. The van der Waals surface area contributed by atoms with Gasteiger partial charge in [-0.05, 0) is 6.07 Å². The van der Waals surface area contributed by atoms with Gasteiger partial charge in [-0.25, -0.2) is 0 Å². The van der Waals surface area contributed by atoms with Gasteiger partial charge in [0.25, 0.3) is 0 Å². The monoisotopic (exact) mass is 163 g/mol. The van der Waals surface area contributed by atoms with Crippen molar-refractivity contribution in [2.24, 2.45) is 0 Å². The van der Waals surface area contributed by atoms with E-state index in [1.54, 1.807) is 25.7 Å². The molecule has 0 aliphatic heterocycles. The molecular weight excluding hydrogens is 154 g/mol. The standard InChI is InChI=1S/C8H9N3O/c1-12-8-5-10-4-7-6(8)2-3-11(7)9/h2-5H,9H2,1H3. The number of nitrogens with two attached hydrogens (primary N) is 1. The second-order valence-corrected chi connectivity index (χ2v) is 2.50. The minimum absolute atomic E-state index is 0.747. The number of hydrogen-bond acceptors (Lipinski definition) is 3. The first-order valence-electron chi connectivity index (χ1n) is 3.57. The fourth-order valence-corrected chi connectivity index (χ4v) is 1.21. The van der Waals surface area contributed by atoms with E-state index in [1.807, 2.05) is 6.07 Å². The Labute approximate surface area is 69.5 Å². The van der Waals surface area contributed by atoms with E-state index in [1.165, 1.54) is 4.68 Å². The van der Waals surface area contributed by atoms with Gasteiger partial charge < -0.3 is 10.6 Å². The number of rotatable bonds is 1. The molecule has 2 aromatic rings. The molecule has 62 valence electrons. The quantitative estimate of drug-likeness (QED) is 0.631. The third kappa shape index (κ3) is 0.812. The van der Waals surface area contributed by atoms with E-state index in [2.05, 4.69) is 4.98 Å². The molecule has 0 aliphatic carbocycles. The molecule has 0 fully saturated rings. The SMILES string of the molecule is COc1cncc2c1ccn2N. The van der Waals surface area contributed by atoms with Gasteiger partial charge in [-0.1, -0.05) is 0 Å². The fraction of sp³-hybridized carbons (Fsp3) is 0.125. The Bertz CT molecular complexity index is 408. The van der Waals surface area contributed by atoms with Crippen molar-refractivity contribution in [1.29, 1.82) is 0 Å². The van der Waals surface area contributed by atoms with E-state index in [0.29, 0.717) is 0 Å². The summed E-state index contributed by atoms with van der Waals surface area (Å²) in [5.74, 6) is 6.37. The van der Waals surface area contributed by atoms with Crippen molar-refractivity contribution >= 4 is 10.9 Å². The second-order valence-electron chi connectivity index (χ2n) is 2.50. The molecule has 0 amide bonds. The summed E-state index contributed by atoms with van der Waals surface area (Å²) in [6.45, 7) is 0. The highest BCUT2D eigenvalue weighted by molar-refractivity contribution is 5.85. The molecule has 0 bridgehead atoms. The maximum Gasteiger partial charge on any atom is 0.146 e. The summed E-state index contributed by atoms with van der Waals surface area (Å²) in [6, 6.07) is 1.90. The molecule has 0 aromatic carbocycles. The lowest BCUT2D eigenvalue weighted by Gasteiger charge is -2.00. The molecule has 2 rings (SSSR count). The van der Waals surface area contributed by atoms with Crippen molar-refractivity contribution in [3.05, 3.63) is 24.7 Å². The second kappa shape index (κ2) is 2.41. The van der Waals surface area contributed by atoms with Crippen LogP contribution in [0.3, 0.4) is 0 Å². The van der Waals surface area contributed by atoms with Crippen molar-refractivity contribution in [2.75, 3.05) is 13.0 Å². The lowest BCUT2D eigenvalue weighted by atomic mass is 10.3. The van der Waals surface area contributed by atoms with Crippen LogP contribution in [0.25, 0.3) is 10.9 Å². The Hall–Kier alpha value is -1.71. The maximum atomic E-state index is 5.62. The summed E-state index contributed by atoms with van der Waals surface area (Å²) < 4.78 is 6.63. The summed E-state index contributed by atoms with van der Waals surface area (Å²) in [4.78, 5) is 3.99. The summed E-state index contributed by atoms with van der Waals surface area (Å²) in [5.41, 5.74) is 0.870. The van der Waals surface area contributed by atoms with Gasteiger partial charge in [0.15, 0.2) is 0 Å². The largest absolute Gasteiger partial charge is 0.494 e. The molecular formula is C8H9N3O. The van der Waals surface area contributed by atoms with Crippen LogP contribution in [0.2, 0.25) is 0 Å². The predicted molar refractivity (Wildman–Crippen MR) is 46.4 cm³/mol. The minimum atomic E-state index is 0.747. The Balaban J connectivity index is 2.81. The first kappa shape index (κ1) is 6.97. The van der Waals surface area contributed by atoms with E-state index >= 15 is 0 Å². The van der Waals surface area contributed by atoms with Gasteiger partial charge >= 0.3 is 0 Å². The third-order valence-corrected chi connectivity index (χ3v) is 1.83. The van der Waals surface area contributed by atoms with Gasteiger partial charge in [0.05, 0.1) is 25.0 Å². The van der Waals surface area contributed by atoms with Crippen LogP contribution in [0.5, 0.6) is 5.75 Å². The van der Waals surface area contributed by atoms with Crippen LogP contribution in [0, 0.1) is 0 Å². The molecule has 2 heterocycles. The van der Waals surface area contributed by atoms with Crippen LogP contribution in [-0.2, 0) is 0 Å². The molecule has 0 radical (unpaired) electrons. The van der Waals surface area contributed by atoms with E-state index in [9.17, 15) is 0 Å². The zero-order valence-corrected chi connectivity index (χ0v) is 6.69. The molecule has 12 heavy (non-hydrogen) atoms. The Morgan fingerprint density at radius 2 is 2.33 bits per heavy atom. The fourth-order valence-electron chi connectivity index (χ4n) is 1.21. The highest BCUT2D eigenvalue weighted by atomic mass is 16.5. The molecule has 2 aromatic heterocycles. The smallest absolute Gasteiger partial charge is 0.146 e. The van der Waals surface area contributed by atoms with Gasteiger partial charge in [-0.3, -0.25) is 9.66 Å². The van der Waals surface area contributed by atoms with Crippen LogP contribution in [0.4, 0.5) is 0 Å². The van der Waals surface area contributed by atoms with Crippen molar-refractivity contribution < 1.29 is 4.74 Å². The summed E-state index contributed by atoms with van der Waals surface area (Å²) in [7, 11) is 1.62. The van der Waals surface area contributed by atoms with E-state index in [4.69, 9.17) is 10.6 Å². The highest BCUT2D eigenvalue weighted by Gasteiger charge is 2.03. The van der Waals surface area contributed by atoms with Crippen LogP contribution >= 0.6 is 0 Å². The molecule has 2 N–H and O–H groups in total. The van der Waals surface area contributed by atoms with Gasteiger partial charge in [0.1, 0.15) is 5.75 Å². The van der Waals surface area contributed by atoms with Gasteiger partial charge in [0, 0.05) is 11.6 Å². The molecule has 0 saturated carbocycles. The first-order valence-corrected chi connectivity index (χ1v) is 3.57. The number of fused-ring (bicyclic) bond motifs is 1. The first-order chi connectivity index (χ1) is 5.83. The number of nitrogens with zero attached hydrogens (tertiary/aromatic N) is 2. The van der Waals surface area contributed by atoms with Crippen molar-refractivity contribution in [2.45, 2.75) is 0 Å². The molecule has 4 heteroatoms. The highest BCUT2D eigenvalue weighted by Crippen LogP contribution is 2.23. The number of pyridine rings is 1. The summed E-state index contributed by atoms with van der Waals surface area (Å²) in [6.07, 6.45) is 5.15. The number of nitrogen functional groups attached to an aromatic ring is 1. The van der Waals surface area contributed by atoms with E-state index in [0.717, 1.165) is 16.7 Å². The van der Waals surface area contributed by atoms with Crippen LogP contribution in [0.15, 0.2) is 24.7 Å². The Kier molecular flexibility index (Phi) is 1.40. The zero-order valence-electron chi connectivity index (χ0n) is 6.69. The summed E-state index contributed by atoms with van der Waals surface area (Å²) >= 11 is 0. The zero-order chi connectivity index (χ0) is 8.55. The van der Waals surface area contributed by atoms with E-state index < -0.39 is 0 Å². The maximum absolute atomic E-state index is 5.62. The number of methoxy groups -OCH3 is 1.